The van der Waals surface area contributed by atoms with E-state index in [0.717, 1.165) is 12.2 Å². The van der Waals surface area contributed by atoms with Crippen LogP contribution in [0, 0.1) is 0 Å². The Morgan fingerprint density at radius 1 is 1.53 bits per heavy atom. The second kappa shape index (κ2) is 5.34. The zero-order valence-corrected chi connectivity index (χ0v) is 9.72. The highest BCUT2D eigenvalue weighted by Crippen LogP contribution is 2.02. The third-order valence-electron chi connectivity index (χ3n) is 2.39. The Balaban J connectivity index is 2.10. The molecule has 17 heavy (non-hydrogen) atoms. The fourth-order valence-corrected chi connectivity index (χ4v) is 1.57. The zero-order valence-electron chi connectivity index (χ0n) is 9.72. The molecule has 0 spiro atoms. The number of hydrogen-bond donors (Lipinski definition) is 1. The molecule has 0 radical (unpaired) electrons. The first-order chi connectivity index (χ1) is 8.31. The van der Waals surface area contributed by atoms with Crippen molar-refractivity contribution in [2.24, 2.45) is 0 Å². The first-order valence-corrected chi connectivity index (χ1v) is 5.63. The minimum Gasteiger partial charge on any atom is -0.467 e. The van der Waals surface area contributed by atoms with Crippen molar-refractivity contribution in [1.29, 1.82) is 0 Å². The molecule has 1 N–H and O–H groups in total. The maximum absolute atomic E-state index is 11.9. The van der Waals surface area contributed by atoms with Gasteiger partial charge >= 0.3 is 0 Å². The van der Waals surface area contributed by atoms with Crippen molar-refractivity contribution in [1.82, 2.24) is 9.55 Å². The number of rotatable bonds is 5. The fraction of sp³-hybridized carbons (Fsp3) is 0.333. The summed E-state index contributed by atoms with van der Waals surface area (Å²) in [6.45, 7) is 3.20. The molecule has 5 nitrogen and oxygen atoms in total. The lowest BCUT2D eigenvalue weighted by Gasteiger charge is -2.06. The van der Waals surface area contributed by atoms with E-state index in [1.54, 1.807) is 23.2 Å². The van der Waals surface area contributed by atoms with Crippen molar-refractivity contribution in [2.75, 3.05) is 5.32 Å². The summed E-state index contributed by atoms with van der Waals surface area (Å²) in [5.74, 6) is 1.13. The summed E-state index contributed by atoms with van der Waals surface area (Å²) in [6, 6.07) is 3.66. The first kappa shape index (κ1) is 11.4. The van der Waals surface area contributed by atoms with E-state index in [1.165, 1.54) is 0 Å². The highest BCUT2D eigenvalue weighted by molar-refractivity contribution is 5.31. The third-order valence-corrected chi connectivity index (χ3v) is 2.39. The molecule has 0 aromatic carbocycles. The molecule has 0 saturated carbocycles. The van der Waals surface area contributed by atoms with Crippen LogP contribution in [0.25, 0.3) is 0 Å². The molecule has 0 saturated heterocycles. The Morgan fingerprint density at radius 2 is 2.41 bits per heavy atom. The smallest absolute Gasteiger partial charge is 0.293 e. The Morgan fingerprint density at radius 3 is 3.12 bits per heavy atom. The maximum atomic E-state index is 11.9. The van der Waals surface area contributed by atoms with Crippen molar-refractivity contribution >= 4 is 5.82 Å². The van der Waals surface area contributed by atoms with Crippen molar-refractivity contribution < 1.29 is 4.42 Å². The molecular formula is C12H15N3O2. The predicted octanol–water partition coefficient (Wildman–Crippen LogP) is 1.86. The van der Waals surface area contributed by atoms with Crippen LogP contribution in [0.3, 0.4) is 0 Å². The molecule has 0 aliphatic heterocycles. The van der Waals surface area contributed by atoms with Crippen LogP contribution in [0.15, 0.2) is 40.0 Å². The molecule has 2 heterocycles. The van der Waals surface area contributed by atoms with Crippen LogP contribution in [0.5, 0.6) is 0 Å². The van der Waals surface area contributed by atoms with E-state index >= 15 is 0 Å². The number of furan rings is 1. The van der Waals surface area contributed by atoms with E-state index in [9.17, 15) is 4.79 Å². The second-order valence-electron chi connectivity index (χ2n) is 3.71. The van der Waals surface area contributed by atoms with Crippen LogP contribution >= 0.6 is 0 Å². The summed E-state index contributed by atoms with van der Waals surface area (Å²) in [5.41, 5.74) is -0.0964. The molecule has 0 aliphatic carbocycles. The summed E-state index contributed by atoms with van der Waals surface area (Å²) in [7, 11) is 0. The van der Waals surface area contributed by atoms with E-state index in [2.05, 4.69) is 10.3 Å². The molecule has 0 amide bonds. The van der Waals surface area contributed by atoms with Gasteiger partial charge in [0.25, 0.3) is 5.56 Å². The number of nitrogens with one attached hydrogen (secondary N) is 1. The minimum absolute atomic E-state index is 0.0964. The summed E-state index contributed by atoms with van der Waals surface area (Å²) in [6.07, 6.45) is 5.85. The highest BCUT2D eigenvalue weighted by atomic mass is 16.3. The first-order valence-electron chi connectivity index (χ1n) is 5.63. The number of aryl methyl sites for hydroxylation is 1. The second-order valence-corrected chi connectivity index (χ2v) is 3.71. The Bertz CT molecular complexity index is 517. The number of anilines is 1. The number of aromatic nitrogens is 2. The predicted molar refractivity (Wildman–Crippen MR) is 64.8 cm³/mol. The maximum Gasteiger partial charge on any atom is 0.293 e. The summed E-state index contributed by atoms with van der Waals surface area (Å²) < 4.78 is 6.82. The normalized spacial score (nSPS) is 10.4. The zero-order chi connectivity index (χ0) is 12.1. The molecule has 0 fully saturated rings. The van der Waals surface area contributed by atoms with E-state index in [4.69, 9.17) is 4.42 Å². The third kappa shape index (κ3) is 2.75. The molecule has 2 aromatic rings. The van der Waals surface area contributed by atoms with Gasteiger partial charge in [-0.3, -0.25) is 4.79 Å². The molecule has 0 aliphatic rings. The lowest BCUT2D eigenvalue weighted by Crippen LogP contribution is -2.24. The number of hydrogen-bond acceptors (Lipinski definition) is 4. The van der Waals surface area contributed by atoms with Crippen LogP contribution in [0.1, 0.15) is 19.1 Å². The minimum atomic E-state index is -0.0964. The van der Waals surface area contributed by atoms with E-state index in [-0.39, 0.29) is 5.56 Å². The highest BCUT2D eigenvalue weighted by Gasteiger charge is 2.04. The molecule has 5 heteroatoms. The number of nitrogens with zero attached hydrogens (tertiary/aromatic N) is 2. The van der Waals surface area contributed by atoms with Crippen LogP contribution in [0.2, 0.25) is 0 Å². The monoisotopic (exact) mass is 233 g/mol. The van der Waals surface area contributed by atoms with Gasteiger partial charge in [0.2, 0.25) is 0 Å². The topological polar surface area (TPSA) is 60.1 Å². The molecule has 90 valence electrons. The van der Waals surface area contributed by atoms with Gasteiger partial charge in [-0.25, -0.2) is 4.98 Å². The average molecular weight is 233 g/mol. The summed E-state index contributed by atoms with van der Waals surface area (Å²) >= 11 is 0. The van der Waals surface area contributed by atoms with Gasteiger partial charge in [-0.2, -0.15) is 0 Å². The summed E-state index contributed by atoms with van der Waals surface area (Å²) in [4.78, 5) is 16.0. The largest absolute Gasteiger partial charge is 0.467 e. The van der Waals surface area contributed by atoms with Crippen LogP contribution in [0.4, 0.5) is 5.82 Å². The van der Waals surface area contributed by atoms with Crippen LogP contribution < -0.4 is 10.9 Å². The Hall–Kier alpha value is -2.04. The standard InChI is InChI=1S/C12H15N3O2/c1-2-6-15-7-5-13-11(12(15)16)14-9-10-4-3-8-17-10/h3-5,7-8H,2,6,9H2,1H3,(H,13,14). The van der Waals surface area contributed by atoms with Gasteiger partial charge in [-0.1, -0.05) is 6.92 Å². The van der Waals surface area contributed by atoms with Gasteiger partial charge < -0.3 is 14.3 Å². The van der Waals surface area contributed by atoms with Gasteiger partial charge in [-0.15, -0.1) is 0 Å². The van der Waals surface area contributed by atoms with E-state index in [0.29, 0.717) is 18.9 Å². The van der Waals surface area contributed by atoms with Crippen LogP contribution in [-0.4, -0.2) is 9.55 Å². The molecule has 2 aromatic heterocycles. The molecular weight excluding hydrogens is 218 g/mol. The van der Waals surface area contributed by atoms with Gasteiger partial charge in [-0.05, 0) is 18.6 Å². The summed E-state index contributed by atoms with van der Waals surface area (Å²) in [5, 5.41) is 2.98. The quantitative estimate of drug-likeness (QED) is 0.856. The Kier molecular flexibility index (Phi) is 3.59. The van der Waals surface area contributed by atoms with Gasteiger partial charge in [0.05, 0.1) is 12.8 Å². The molecule has 2 rings (SSSR count). The lowest BCUT2D eigenvalue weighted by atomic mass is 10.4. The average Bonchev–Trinajstić information content (AvgIpc) is 2.83. The van der Waals surface area contributed by atoms with E-state index < -0.39 is 0 Å². The van der Waals surface area contributed by atoms with Crippen LogP contribution in [-0.2, 0) is 13.1 Å². The van der Waals surface area contributed by atoms with Crippen molar-refractivity contribution in [2.45, 2.75) is 26.4 Å². The Labute approximate surface area is 99.1 Å². The van der Waals surface area contributed by atoms with Crippen molar-refractivity contribution in [3.05, 3.63) is 46.9 Å². The van der Waals surface area contributed by atoms with Gasteiger partial charge in [0.1, 0.15) is 5.76 Å². The van der Waals surface area contributed by atoms with E-state index in [1.807, 2.05) is 19.1 Å². The SMILES string of the molecule is CCCn1ccnc(NCc2ccco2)c1=O. The van der Waals surface area contributed by atoms with Gasteiger partial charge in [0.15, 0.2) is 5.82 Å². The fourth-order valence-electron chi connectivity index (χ4n) is 1.57. The molecule has 0 bridgehead atoms. The van der Waals surface area contributed by atoms with Crippen molar-refractivity contribution in [3.8, 4) is 0 Å². The molecule has 0 unspecified atom stereocenters. The van der Waals surface area contributed by atoms with Gasteiger partial charge in [0, 0.05) is 18.9 Å². The molecule has 0 atom stereocenters. The van der Waals surface area contributed by atoms with Crippen molar-refractivity contribution in [3.63, 3.8) is 0 Å². The lowest BCUT2D eigenvalue weighted by molar-refractivity contribution is 0.517.